The molecule has 106 valence electrons. The number of fused-ring (bicyclic) bond motifs is 1. The first-order chi connectivity index (χ1) is 10.1. The molecule has 0 saturated heterocycles. The second-order valence-corrected chi connectivity index (χ2v) is 5.03. The molecule has 3 N–H and O–H groups in total. The van der Waals surface area contributed by atoms with E-state index >= 15 is 0 Å². The standard InChI is InChI=1S/C17H16N2O2/c1-11(12-4-2-5-13(20)10-12)19-17(21)15-6-3-7-16-14(15)8-9-18-16/h2-11,18,20H,1H3,(H,19,21). The molecule has 0 fully saturated rings. The van der Waals surface area contributed by atoms with Crippen LogP contribution in [0.4, 0.5) is 0 Å². The van der Waals surface area contributed by atoms with E-state index in [1.54, 1.807) is 24.3 Å². The Labute approximate surface area is 122 Å². The summed E-state index contributed by atoms with van der Waals surface area (Å²) >= 11 is 0. The third-order valence-electron chi connectivity index (χ3n) is 3.56. The van der Waals surface area contributed by atoms with Gasteiger partial charge in [0.25, 0.3) is 5.91 Å². The smallest absolute Gasteiger partial charge is 0.252 e. The second kappa shape index (κ2) is 5.32. The molecule has 1 aromatic heterocycles. The van der Waals surface area contributed by atoms with Gasteiger partial charge in [-0.05, 0) is 42.8 Å². The van der Waals surface area contributed by atoms with Gasteiger partial charge < -0.3 is 15.4 Å². The van der Waals surface area contributed by atoms with E-state index in [0.717, 1.165) is 16.5 Å². The summed E-state index contributed by atoms with van der Waals surface area (Å²) in [6.07, 6.45) is 1.82. The van der Waals surface area contributed by atoms with Crippen molar-refractivity contribution in [2.45, 2.75) is 13.0 Å². The number of aromatic nitrogens is 1. The Morgan fingerprint density at radius 3 is 2.81 bits per heavy atom. The Morgan fingerprint density at radius 2 is 2.00 bits per heavy atom. The fraction of sp³-hybridized carbons (Fsp3) is 0.118. The number of carbonyl (C=O) groups excluding carboxylic acids is 1. The lowest BCUT2D eigenvalue weighted by molar-refractivity contribution is 0.0941. The maximum absolute atomic E-state index is 12.4. The lowest BCUT2D eigenvalue weighted by Gasteiger charge is -2.15. The molecule has 4 heteroatoms. The maximum atomic E-state index is 12.4. The summed E-state index contributed by atoms with van der Waals surface area (Å²) in [6, 6.07) is 14.2. The Bertz CT molecular complexity index is 792. The van der Waals surface area contributed by atoms with E-state index in [1.165, 1.54) is 0 Å². The quantitative estimate of drug-likeness (QED) is 0.688. The number of nitrogens with one attached hydrogen (secondary N) is 2. The van der Waals surface area contributed by atoms with Crippen LogP contribution >= 0.6 is 0 Å². The van der Waals surface area contributed by atoms with Crippen molar-refractivity contribution in [3.8, 4) is 5.75 Å². The maximum Gasteiger partial charge on any atom is 0.252 e. The summed E-state index contributed by atoms with van der Waals surface area (Å²) in [5.74, 6) is 0.0670. The van der Waals surface area contributed by atoms with Gasteiger partial charge in [0.15, 0.2) is 0 Å². The predicted octanol–water partition coefficient (Wildman–Crippen LogP) is 3.36. The molecule has 3 aromatic rings. The number of amides is 1. The van der Waals surface area contributed by atoms with Gasteiger partial charge in [0.05, 0.1) is 6.04 Å². The van der Waals surface area contributed by atoms with Crippen molar-refractivity contribution in [2.24, 2.45) is 0 Å². The van der Waals surface area contributed by atoms with E-state index in [9.17, 15) is 9.90 Å². The molecule has 1 atom stereocenters. The van der Waals surface area contributed by atoms with Crippen LogP contribution in [0.2, 0.25) is 0 Å². The van der Waals surface area contributed by atoms with E-state index in [2.05, 4.69) is 10.3 Å². The molecule has 21 heavy (non-hydrogen) atoms. The van der Waals surface area contributed by atoms with E-state index in [0.29, 0.717) is 5.56 Å². The number of aromatic hydroxyl groups is 1. The number of benzene rings is 2. The van der Waals surface area contributed by atoms with Crippen molar-refractivity contribution in [3.63, 3.8) is 0 Å². The zero-order chi connectivity index (χ0) is 14.8. The Morgan fingerprint density at radius 1 is 1.19 bits per heavy atom. The highest BCUT2D eigenvalue weighted by Crippen LogP contribution is 2.21. The highest BCUT2D eigenvalue weighted by atomic mass is 16.3. The number of carbonyl (C=O) groups is 1. The Balaban J connectivity index is 1.85. The first-order valence-electron chi connectivity index (χ1n) is 6.81. The molecule has 0 aliphatic heterocycles. The SMILES string of the molecule is CC(NC(=O)c1cccc2[nH]ccc12)c1cccc(O)c1. The highest BCUT2D eigenvalue weighted by Gasteiger charge is 2.14. The number of hydrogen-bond donors (Lipinski definition) is 3. The van der Waals surface area contributed by atoms with E-state index in [1.807, 2.05) is 37.4 Å². The van der Waals surface area contributed by atoms with Crippen LogP contribution in [0.3, 0.4) is 0 Å². The summed E-state index contributed by atoms with van der Waals surface area (Å²) < 4.78 is 0. The monoisotopic (exact) mass is 280 g/mol. The van der Waals surface area contributed by atoms with Gasteiger partial charge in [-0.1, -0.05) is 18.2 Å². The highest BCUT2D eigenvalue weighted by molar-refractivity contribution is 6.06. The van der Waals surface area contributed by atoms with Crippen LogP contribution < -0.4 is 5.32 Å². The van der Waals surface area contributed by atoms with Crippen LogP contribution in [0, 0.1) is 0 Å². The minimum Gasteiger partial charge on any atom is -0.508 e. The summed E-state index contributed by atoms with van der Waals surface area (Å²) in [6.45, 7) is 1.89. The largest absolute Gasteiger partial charge is 0.508 e. The molecule has 1 amide bonds. The first-order valence-corrected chi connectivity index (χ1v) is 6.81. The van der Waals surface area contributed by atoms with Crippen LogP contribution in [0.25, 0.3) is 10.9 Å². The normalized spacial score (nSPS) is 12.2. The number of hydrogen-bond acceptors (Lipinski definition) is 2. The van der Waals surface area contributed by atoms with Crippen molar-refractivity contribution in [2.75, 3.05) is 0 Å². The summed E-state index contributed by atoms with van der Waals surface area (Å²) in [5.41, 5.74) is 2.44. The molecule has 2 aromatic carbocycles. The summed E-state index contributed by atoms with van der Waals surface area (Å²) in [7, 11) is 0. The molecule has 0 aliphatic carbocycles. The summed E-state index contributed by atoms with van der Waals surface area (Å²) in [4.78, 5) is 15.5. The van der Waals surface area contributed by atoms with Gasteiger partial charge in [0.1, 0.15) is 5.75 Å². The molecule has 1 heterocycles. The van der Waals surface area contributed by atoms with Gasteiger partial charge in [0, 0.05) is 22.7 Å². The Kier molecular flexibility index (Phi) is 3.36. The molecule has 0 radical (unpaired) electrons. The molecular formula is C17H16N2O2. The van der Waals surface area contributed by atoms with Gasteiger partial charge in [0.2, 0.25) is 0 Å². The number of rotatable bonds is 3. The van der Waals surface area contributed by atoms with E-state index < -0.39 is 0 Å². The van der Waals surface area contributed by atoms with Gasteiger partial charge in [-0.2, -0.15) is 0 Å². The molecule has 0 spiro atoms. The third-order valence-corrected chi connectivity index (χ3v) is 3.56. The Hall–Kier alpha value is -2.75. The lowest BCUT2D eigenvalue weighted by atomic mass is 10.1. The topological polar surface area (TPSA) is 65.1 Å². The zero-order valence-electron chi connectivity index (χ0n) is 11.6. The molecule has 0 bridgehead atoms. The van der Waals surface area contributed by atoms with Crippen LogP contribution in [0.1, 0.15) is 28.9 Å². The van der Waals surface area contributed by atoms with E-state index in [-0.39, 0.29) is 17.7 Å². The number of phenolic OH excluding ortho intramolecular Hbond substituents is 1. The minimum atomic E-state index is -0.182. The zero-order valence-corrected chi connectivity index (χ0v) is 11.6. The molecular weight excluding hydrogens is 264 g/mol. The first kappa shape index (κ1) is 13.2. The molecule has 0 aliphatic rings. The molecule has 3 rings (SSSR count). The average Bonchev–Trinajstić information content (AvgIpc) is 2.95. The number of phenols is 1. The van der Waals surface area contributed by atoms with Crippen molar-refractivity contribution in [3.05, 3.63) is 65.9 Å². The van der Waals surface area contributed by atoms with Crippen molar-refractivity contribution in [1.82, 2.24) is 10.3 Å². The minimum absolute atomic E-state index is 0.129. The lowest BCUT2D eigenvalue weighted by Crippen LogP contribution is -2.26. The number of H-pyrrole nitrogens is 1. The van der Waals surface area contributed by atoms with Gasteiger partial charge >= 0.3 is 0 Å². The number of aromatic amines is 1. The van der Waals surface area contributed by atoms with Crippen LogP contribution in [-0.4, -0.2) is 16.0 Å². The fourth-order valence-corrected chi connectivity index (χ4v) is 2.44. The predicted molar refractivity (Wildman–Crippen MR) is 82.3 cm³/mol. The van der Waals surface area contributed by atoms with Crippen LogP contribution in [-0.2, 0) is 0 Å². The van der Waals surface area contributed by atoms with Crippen molar-refractivity contribution >= 4 is 16.8 Å². The van der Waals surface area contributed by atoms with Gasteiger partial charge in [-0.3, -0.25) is 4.79 Å². The van der Waals surface area contributed by atoms with Crippen molar-refractivity contribution < 1.29 is 9.90 Å². The molecule has 1 unspecified atom stereocenters. The second-order valence-electron chi connectivity index (χ2n) is 5.03. The van der Waals surface area contributed by atoms with Gasteiger partial charge in [-0.25, -0.2) is 0 Å². The molecule has 4 nitrogen and oxygen atoms in total. The van der Waals surface area contributed by atoms with Crippen LogP contribution in [0.15, 0.2) is 54.7 Å². The van der Waals surface area contributed by atoms with Gasteiger partial charge in [-0.15, -0.1) is 0 Å². The average molecular weight is 280 g/mol. The molecule has 0 saturated carbocycles. The fourth-order valence-electron chi connectivity index (χ4n) is 2.44. The van der Waals surface area contributed by atoms with Crippen molar-refractivity contribution in [1.29, 1.82) is 0 Å². The van der Waals surface area contributed by atoms with E-state index in [4.69, 9.17) is 0 Å². The van der Waals surface area contributed by atoms with Crippen LogP contribution in [0.5, 0.6) is 5.75 Å². The summed E-state index contributed by atoms with van der Waals surface area (Å²) in [5, 5.41) is 13.4. The third kappa shape index (κ3) is 2.60.